The van der Waals surface area contributed by atoms with Crippen LogP contribution in [-0.4, -0.2) is 93.6 Å². The first-order chi connectivity index (χ1) is 15.7. The van der Waals surface area contributed by atoms with E-state index in [2.05, 4.69) is 15.5 Å². The monoisotopic (exact) mass is 496 g/mol. The molecule has 12 nitrogen and oxygen atoms in total. The molecule has 1 aromatic rings. The molecule has 4 heterocycles. The van der Waals surface area contributed by atoms with Gasteiger partial charge in [0, 0.05) is 29.5 Å². The van der Waals surface area contributed by atoms with Gasteiger partial charge in [-0.25, -0.2) is 4.98 Å². The molecule has 4 rings (SSSR count). The van der Waals surface area contributed by atoms with Crippen molar-refractivity contribution in [1.29, 1.82) is 0 Å². The first kappa shape index (κ1) is 23.5. The predicted octanol–water partition coefficient (Wildman–Crippen LogP) is -1.96. The van der Waals surface area contributed by atoms with Crippen molar-refractivity contribution in [1.82, 2.24) is 15.2 Å². The van der Waals surface area contributed by atoms with Crippen LogP contribution in [0.3, 0.4) is 0 Å². The van der Waals surface area contributed by atoms with Crippen LogP contribution in [0.1, 0.15) is 18.5 Å². The Hall–Kier alpha value is -2.68. The Morgan fingerprint density at radius 3 is 2.85 bits per heavy atom. The molecule has 33 heavy (non-hydrogen) atoms. The number of oxime groups is 1. The second-order valence-corrected chi connectivity index (χ2v) is 10.3. The van der Waals surface area contributed by atoms with Gasteiger partial charge in [-0.3, -0.25) is 19.0 Å². The van der Waals surface area contributed by atoms with Crippen molar-refractivity contribution in [3.8, 4) is 0 Å². The van der Waals surface area contributed by atoms with Crippen LogP contribution < -0.4 is 16.2 Å². The van der Waals surface area contributed by atoms with Gasteiger partial charge in [0.05, 0.1) is 25.3 Å². The number of likely N-dealkylation sites (N-methyl/N-ethyl adjacent to an activating group) is 1. The average Bonchev–Trinajstić information content (AvgIpc) is 3.34. The van der Waals surface area contributed by atoms with Gasteiger partial charge < -0.3 is 30.9 Å². The zero-order valence-corrected chi connectivity index (χ0v) is 19.6. The molecule has 0 bridgehead atoms. The number of hydrogen-bond donors (Lipinski definition) is 3. The van der Waals surface area contributed by atoms with E-state index in [1.54, 1.807) is 0 Å². The summed E-state index contributed by atoms with van der Waals surface area (Å²) < 4.78 is 0.299. The van der Waals surface area contributed by atoms with E-state index in [1.165, 1.54) is 24.3 Å². The zero-order valence-electron chi connectivity index (χ0n) is 18.0. The van der Waals surface area contributed by atoms with Crippen LogP contribution >= 0.6 is 23.1 Å². The molecule has 0 aliphatic carbocycles. The smallest absolute Gasteiger partial charge is 0.276 e. The van der Waals surface area contributed by atoms with Gasteiger partial charge in [0.25, 0.3) is 11.8 Å². The van der Waals surface area contributed by atoms with Crippen LogP contribution in [0.25, 0.3) is 0 Å². The van der Waals surface area contributed by atoms with Crippen LogP contribution in [-0.2, 0) is 19.2 Å². The van der Waals surface area contributed by atoms with E-state index in [1.807, 2.05) is 7.05 Å². The first-order valence-electron chi connectivity index (χ1n) is 10.2. The van der Waals surface area contributed by atoms with E-state index in [-0.39, 0.29) is 22.2 Å². The minimum atomic E-state index is -1.45. The molecule has 4 atom stereocenters. The maximum Gasteiger partial charge on any atom is 0.276 e. The van der Waals surface area contributed by atoms with Crippen molar-refractivity contribution in [3.63, 3.8) is 0 Å². The Labute approximate surface area is 197 Å². The third-order valence-electron chi connectivity index (χ3n) is 6.09. The third kappa shape index (κ3) is 4.18. The molecular weight excluding hydrogens is 472 g/mol. The molecule has 2 unspecified atom stereocenters. The zero-order chi connectivity index (χ0) is 23.9. The van der Waals surface area contributed by atoms with E-state index in [4.69, 9.17) is 10.6 Å². The fourth-order valence-corrected chi connectivity index (χ4v) is 6.29. The number of carboxylic acid groups (broad SMARTS) is 1. The van der Waals surface area contributed by atoms with Crippen molar-refractivity contribution in [3.05, 3.63) is 22.3 Å². The number of thioether (sulfide) groups is 1. The van der Waals surface area contributed by atoms with Crippen LogP contribution in [0.5, 0.6) is 0 Å². The summed E-state index contributed by atoms with van der Waals surface area (Å²) in [7, 11) is 3.14. The minimum Gasteiger partial charge on any atom is -0.543 e. The summed E-state index contributed by atoms with van der Waals surface area (Å²) in [5, 5.41) is 29.8. The number of nitrogens with two attached hydrogens (primary N) is 1. The van der Waals surface area contributed by atoms with Crippen molar-refractivity contribution in [2.45, 2.75) is 30.5 Å². The maximum absolute atomic E-state index is 12.9. The van der Waals surface area contributed by atoms with Crippen LogP contribution in [0.2, 0.25) is 0 Å². The molecule has 1 aromatic heterocycles. The molecule has 14 heteroatoms. The van der Waals surface area contributed by atoms with Gasteiger partial charge in [0.1, 0.15) is 30.8 Å². The molecule has 2 fully saturated rings. The van der Waals surface area contributed by atoms with Crippen LogP contribution in [0, 0.1) is 0 Å². The molecule has 2 amide bonds. The summed E-state index contributed by atoms with van der Waals surface area (Å²) in [6.45, 7) is 1.02. The number of carbonyl (C=O) groups is 3. The molecule has 0 radical (unpaired) electrons. The van der Waals surface area contributed by atoms with E-state index >= 15 is 0 Å². The largest absolute Gasteiger partial charge is 0.543 e. The standard InChI is InChI=1S/C19H24N6O6S2/c1-25(5-3-4-11(25)26)6-9-7-32-17-13(16(28)24(17)14(9)18(29)30)22-15(27)12(23-31-2)10-8-33-19(20)21-10/h8,11,13,17,26H,3-7H2,1-2H3,(H3-,20,21,22,27,29,30)/b23-12-/t11?,13-,17-,25?/m1/s1. The number of rotatable bonds is 7. The number of aliphatic carboxylic acids is 1. The van der Waals surface area contributed by atoms with Crippen LogP contribution in [0.4, 0.5) is 5.13 Å². The van der Waals surface area contributed by atoms with Gasteiger partial charge in [-0.15, -0.1) is 23.1 Å². The number of carbonyl (C=O) groups excluding carboxylic acids is 3. The minimum absolute atomic E-state index is 0.144. The summed E-state index contributed by atoms with van der Waals surface area (Å²) in [5.41, 5.74) is 6.05. The number of likely N-dealkylation sites (tertiary alicyclic amines) is 1. The number of aromatic nitrogens is 1. The van der Waals surface area contributed by atoms with E-state index < -0.39 is 35.4 Å². The number of aliphatic hydroxyl groups is 1. The number of amides is 2. The number of nitrogens with one attached hydrogen (secondary N) is 1. The van der Waals surface area contributed by atoms with Crippen molar-refractivity contribution >= 4 is 51.7 Å². The highest BCUT2D eigenvalue weighted by molar-refractivity contribution is 8.00. The Bertz CT molecular complexity index is 1060. The number of aliphatic hydroxyl groups excluding tert-OH is 1. The second kappa shape index (κ2) is 8.93. The van der Waals surface area contributed by atoms with E-state index in [0.717, 1.165) is 22.7 Å². The van der Waals surface area contributed by atoms with Crippen molar-refractivity contribution < 1.29 is 33.9 Å². The molecular formula is C19H24N6O6S2. The van der Waals surface area contributed by atoms with Crippen molar-refractivity contribution in [2.75, 3.05) is 38.7 Å². The highest BCUT2D eigenvalue weighted by atomic mass is 32.2. The number of quaternary nitrogens is 1. The number of anilines is 1. The maximum atomic E-state index is 12.9. The Morgan fingerprint density at radius 2 is 2.27 bits per heavy atom. The summed E-state index contributed by atoms with van der Waals surface area (Å²) in [5.74, 6) is -2.36. The number of fused-ring (bicyclic) bond motifs is 1. The number of carboxylic acids is 1. The number of nitrogen functional groups attached to an aromatic ring is 1. The number of hydrogen-bond acceptors (Lipinski definition) is 11. The average molecular weight is 497 g/mol. The third-order valence-corrected chi connectivity index (χ3v) is 8.11. The molecule has 0 aromatic carbocycles. The lowest BCUT2D eigenvalue weighted by Gasteiger charge is -2.51. The quantitative estimate of drug-likeness (QED) is 0.168. The Kier molecular flexibility index (Phi) is 6.35. The normalized spacial score (nSPS) is 29.5. The van der Waals surface area contributed by atoms with Gasteiger partial charge in [0.15, 0.2) is 17.1 Å². The number of β-lactam (4-membered cyclic amide) rings is 1. The van der Waals surface area contributed by atoms with Gasteiger partial charge in [-0.2, -0.15) is 0 Å². The van der Waals surface area contributed by atoms with Gasteiger partial charge >= 0.3 is 0 Å². The van der Waals surface area contributed by atoms with Gasteiger partial charge in [0.2, 0.25) is 0 Å². The highest BCUT2D eigenvalue weighted by Crippen LogP contribution is 2.41. The van der Waals surface area contributed by atoms with E-state index in [9.17, 15) is 24.6 Å². The molecule has 178 valence electrons. The molecule has 2 saturated heterocycles. The van der Waals surface area contributed by atoms with Gasteiger partial charge in [-0.05, 0) is 0 Å². The van der Waals surface area contributed by atoms with Crippen LogP contribution in [0.15, 0.2) is 21.8 Å². The van der Waals surface area contributed by atoms with Gasteiger partial charge in [-0.1, -0.05) is 5.16 Å². The van der Waals surface area contributed by atoms with Crippen molar-refractivity contribution in [2.24, 2.45) is 5.16 Å². The summed E-state index contributed by atoms with van der Waals surface area (Å²) >= 11 is 2.47. The highest BCUT2D eigenvalue weighted by Gasteiger charge is 2.54. The summed E-state index contributed by atoms with van der Waals surface area (Å²) in [6, 6.07) is -0.946. The second-order valence-electron chi connectivity index (χ2n) is 8.28. The number of nitrogens with zero attached hydrogens (tertiary/aromatic N) is 4. The molecule has 0 spiro atoms. The molecule has 3 aliphatic heterocycles. The lowest BCUT2D eigenvalue weighted by molar-refractivity contribution is -0.937. The Balaban J connectivity index is 1.53. The Morgan fingerprint density at radius 1 is 1.52 bits per heavy atom. The summed E-state index contributed by atoms with van der Waals surface area (Å²) in [6.07, 6.45) is 0.904. The fourth-order valence-electron chi connectivity index (χ4n) is 4.41. The topological polar surface area (TPSA) is 170 Å². The molecule has 3 aliphatic rings. The lowest BCUT2D eigenvalue weighted by atomic mass is 10.0. The predicted molar refractivity (Wildman–Crippen MR) is 118 cm³/mol. The fraction of sp³-hybridized carbons (Fsp3) is 0.526. The molecule has 4 N–H and O–H groups in total. The lowest BCUT2D eigenvalue weighted by Crippen LogP contribution is -2.72. The van der Waals surface area contributed by atoms with E-state index in [0.29, 0.717) is 35.3 Å². The SMILES string of the molecule is CO/N=C(\C(=O)N[C@@H]1C(=O)N2C(C(=O)[O-])=C(C[N+]3(C)CCCC3O)CS[C@H]12)c1csc(N)n1. The number of thiazole rings is 1. The molecule has 0 saturated carbocycles. The summed E-state index contributed by atoms with van der Waals surface area (Å²) in [4.78, 5) is 47.6. The first-order valence-corrected chi connectivity index (χ1v) is 12.1.